The van der Waals surface area contributed by atoms with E-state index in [1.54, 1.807) is 6.07 Å². The highest BCUT2D eigenvalue weighted by atomic mass is 35.5. The molecule has 0 bridgehead atoms. The molecule has 0 radical (unpaired) electrons. The van der Waals surface area contributed by atoms with Gasteiger partial charge in [-0.3, -0.25) is 4.79 Å². The molecule has 1 fully saturated rings. The number of hydrogen-bond acceptors (Lipinski definition) is 8. The third-order valence-electron chi connectivity index (χ3n) is 5.26. The molecule has 2 aromatic heterocycles. The van der Waals surface area contributed by atoms with Crippen LogP contribution >= 0.6 is 34.3 Å². The van der Waals surface area contributed by atoms with Crippen molar-refractivity contribution < 1.29 is 21.6 Å². The summed E-state index contributed by atoms with van der Waals surface area (Å²) in [4.78, 5) is 17.9. The van der Waals surface area contributed by atoms with Crippen molar-refractivity contribution in [3.05, 3.63) is 46.1 Å². The van der Waals surface area contributed by atoms with E-state index in [1.807, 2.05) is 11.4 Å². The van der Waals surface area contributed by atoms with E-state index in [9.17, 15) is 21.6 Å². The van der Waals surface area contributed by atoms with E-state index in [2.05, 4.69) is 10.3 Å². The predicted octanol–water partition coefficient (Wildman–Crippen LogP) is 3.97. The molecule has 1 N–H and O–H groups in total. The smallest absolute Gasteiger partial charge is 0.243 e. The Bertz CT molecular complexity index is 1390. The third-order valence-corrected chi connectivity index (χ3v) is 10.3. The molecule has 1 aliphatic heterocycles. The van der Waals surface area contributed by atoms with Gasteiger partial charge in [-0.05, 0) is 43.2 Å². The summed E-state index contributed by atoms with van der Waals surface area (Å²) in [5.74, 6) is -0.543. The van der Waals surface area contributed by atoms with Crippen LogP contribution < -0.4 is 5.32 Å². The summed E-state index contributed by atoms with van der Waals surface area (Å²) >= 11 is 8.69. The first-order chi connectivity index (χ1) is 15.5. The summed E-state index contributed by atoms with van der Waals surface area (Å²) in [7, 11) is -7.39. The molecule has 1 aromatic carbocycles. The van der Waals surface area contributed by atoms with Crippen LogP contribution in [-0.2, 0) is 24.7 Å². The first-order valence-corrected chi connectivity index (χ1v) is 15.3. The van der Waals surface area contributed by atoms with Gasteiger partial charge in [0.15, 0.2) is 15.0 Å². The van der Waals surface area contributed by atoms with E-state index in [0.29, 0.717) is 22.3 Å². The summed E-state index contributed by atoms with van der Waals surface area (Å²) in [6.07, 6.45) is 1.75. The molecule has 0 saturated carbocycles. The molecule has 13 heteroatoms. The number of benzene rings is 1. The lowest BCUT2D eigenvalue weighted by Crippen LogP contribution is -2.41. The number of sulfone groups is 1. The van der Waals surface area contributed by atoms with Crippen LogP contribution in [0, 0.1) is 5.92 Å². The van der Waals surface area contributed by atoms with Gasteiger partial charge in [0.2, 0.25) is 15.9 Å². The number of nitrogens with one attached hydrogen (secondary N) is 1. The minimum absolute atomic E-state index is 0.0505. The molecule has 176 valence electrons. The molecule has 3 heterocycles. The fourth-order valence-electron chi connectivity index (χ4n) is 3.48. The van der Waals surface area contributed by atoms with Crippen molar-refractivity contribution in [3.8, 4) is 10.6 Å². The normalized spacial score (nSPS) is 16.1. The van der Waals surface area contributed by atoms with Crippen molar-refractivity contribution in [2.45, 2.75) is 22.6 Å². The van der Waals surface area contributed by atoms with Gasteiger partial charge in [0.1, 0.15) is 0 Å². The van der Waals surface area contributed by atoms with Crippen LogP contribution in [0.3, 0.4) is 0 Å². The van der Waals surface area contributed by atoms with E-state index in [4.69, 9.17) is 11.6 Å². The van der Waals surface area contributed by atoms with E-state index >= 15 is 0 Å². The second kappa shape index (κ2) is 9.43. The molecule has 1 amide bonds. The molecular formula is C20H20ClN3O5S4. The van der Waals surface area contributed by atoms with Crippen LogP contribution in [0.2, 0.25) is 4.34 Å². The second-order valence-corrected chi connectivity index (χ2v) is 14.1. The van der Waals surface area contributed by atoms with Crippen LogP contribution in [0.5, 0.6) is 0 Å². The number of rotatable bonds is 6. The van der Waals surface area contributed by atoms with Gasteiger partial charge >= 0.3 is 0 Å². The van der Waals surface area contributed by atoms with Gasteiger partial charge in [-0.25, -0.2) is 21.8 Å². The van der Waals surface area contributed by atoms with Gasteiger partial charge in [0.25, 0.3) is 0 Å². The van der Waals surface area contributed by atoms with E-state index in [0.717, 1.165) is 16.8 Å². The zero-order valence-corrected chi connectivity index (χ0v) is 21.4. The van der Waals surface area contributed by atoms with Crippen LogP contribution in [0.25, 0.3) is 10.6 Å². The monoisotopic (exact) mass is 545 g/mol. The summed E-state index contributed by atoms with van der Waals surface area (Å²) in [6, 6.07) is 8.99. The number of carbonyl (C=O) groups is 1. The molecule has 33 heavy (non-hydrogen) atoms. The summed E-state index contributed by atoms with van der Waals surface area (Å²) in [6.45, 7) is 0.334. The molecule has 0 spiro atoms. The van der Waals surface area contributed by atoms with Gasteiger partial charge in [-0.15, -0.1) is 22.7 Å². The average molecular weight is 546 g/mol. The standard InChI is InChI=1S/C20H20ClN3O5S4/c1-32(26,27)14-3-2-4-15(11-14)33(28,29)24-9-7-13(8-10-24)19(25)23-20-22-16(12-30-20)17-5-6-18(21)31-17/h2-6,11-13H,7-10H2,1H3,(H,22,23,25). The van der Waals surface area contributed by atoms with Crippen molar-refractivity contribution in [1.82, 2.24) is 9.29 Å². The number of amides is 1. The quantitative estimate of drug-likeness (QED) is 0.501. The highest BCUT2D eigenvalue weighted by molar-refractivity contribution is 7.91. The highest BCUT2D eigenvalue weighted by Gasteiger charge is 2.32. The van der Waals surface area contributed by atoms with Crippen molar-refractivity contribution in [1.29, 1.82) is 0 Å². The minimum Gasteiger partial charge on any atom is -0.302 e. The number of piperidine rings is 1. The number of anilines is 1. The minimum atomic E-state index is -3.86. The molecule has 0 atom stereocenters. The van der Waals surface area contributed by atoms with Crippen LogP contribution in [-0.4, -0.2) is 51.4 Å². The predicted molar refractivity (Wildman–Crippen MR) is 130 cm³/mol. The fourth-order valence-corrected chi connectivity index (χ4v) is 7.53. The number of sulfonamides is 1. The molecule has 1 saturated heterocycles. The van der Waals surface area contributed by atoms with Crippen molar-refractivity contribution in [2.24, 2.45) is 5.92 Å². The molecule has 0 aliphatic carbocycles. The Morgan fingerprint density at radius 2 is 1.82 bits per heavy atom. The number of thiophene rings is 1. The van der Waals surface area contributed by atoms with Crippen molar-refractivity contribution >= 4 is 65.2 Å². The summed E-state index contributed by atoms with van der Waals surface area (Å²) in [5.41, 5.74) is 0.740. The average Bonchev–Trinajstić information content (AvgIpc) is 3.42. The number of thiazole rings is 1. The first-order valence-electron chi connectivity index (χ1n) is 9.86. The maximum atomic E-state index is 13.0. The van der Waals surface area contributed by atoms with Gasteiger partial charge in [-0.1, -0.05) is 17.7 Å². The Hall–Kier alpha value is -1.83. The highest BCUT2D eigenvalue weighted by Crippen LogP contribution is 2.33. The zero-order valence-electron chi connectivity index (χ0n) is 17.4. The Morgan fingerprint density at radius 3 is 2.45 bits per heavy atom. The molecule has 0 unspecified atom stereocenters. The summed E-state index contributed by atoms with van der Waals surface area (Å²) in [5, 5.41) is 5.15. The van der Waals surface area contributed by atoms with Gasteiger partial charge in [0, 0.05) is 30.6 Å². The Labute approximate surface area is 205 Å². The lowest BCUT2D eigenvalue weighted by atomic mass is 9.97. The maximum absolute atomic E-state index is 13.0. The summed E-state index contributed by atoms with van der Waals surface area (Å²) < 4.78 is 51.5. The lowest BCUT2D eigenvalue weighted by molar-refractivity contribution is -0.120. The topological polar surface area (TPSA) is 114 Å². The number of hydrogen-bond donors (Lipinski definition) is 1. The van der Waals surface area contributed by atoms with Crippen molar-refractivity contribution in [2.75, 3.05) is 24.7 Å². The number of halogens is 1. The number of aromatic nitrogens is 1. The molecular weight excluding hydrogens is 526 g/mol. The van der Waals surface area contributed by atoms with Gasteiger partial charge in [-0.2, -0.15) is 4.31 Å². The molecule has 1 aliphatic rings. The molecule has 3 aromatic rings. The Balaban J connectivity index is 1.38. The maximum Gasteiger partial charge on any atom is 0.243 e. The van der Waals surface area contributed by atoms with E-state index < -0.39 is 19.9 Å². The van der Waals surface area contributed by atoms with Crippen molar-refractivity contribution in [3.63, 3.8) is 0 Å². The Kier molecular flexibility index (Phi) is 6.95. The number of nitrogens with zero attached hydrogens (tertiary/aromatic N) is 2. The van der Waals surface area contributed by atoms with Crippen LogP contribution in [0.1, 0.15) is 12.8 Å². The SMILES string of the molecule is CS(=O)(=O)c1cccc(S(=O)(=O)N2CCC(C(=O)Nc3nc(-c4ccc(Cl)s4)cs3)CC2)c1. The van der Waals surface area contributed by atoms with Gasteiger partial charge in [0.05, 0.1) is 24.7 Å². The van der Waals surface area contributed by atoms with E-state index in [1.165, 1.54) is 51.2 Å². The molecule has 8 nitrogen and oxygen atoms in total. The Morgan fingerprint density at radius 1 is 1.12 bits per heavy atom. The third kappa shape index (κ3) is 5.47. The number of carbonyl (C=O) groups excluding carboxylic acids is 1. The van der Waals surface area contributed by atoms with Crippen LogP contribution in [0.15, 0.2) is 51.6 Å². The zero-order chi connectivity index (χ0) is 23.8. The second-order valence-electron chi connectivity index (χ2n) is 7.56. The molecule has 4 rings (SSSR count). The van der Waals surface area contributed by atoms with Gasteiger partial charge < -0.3 is 5.32 Å². The first kappa shape index (κ1) is 24.3. The fraction of sp³-hybridized carbons (Fsp3) is 0.300. The lowest BCUT2D eigenvalue weighted by Gasteiger charge is -2.30. The van der Waals surface area contributed by atoms with Crippen LogP contribution in [0.4, 0.5) is 5.13 Å². The van der Waals surface area contributed by atoms with E-state index in [-0.39, 0.29) is 34.7 Å². The largest absolute Gasteiger partial charge is 0.302 e.